The van der Waals surface area contributed by atoms with Gasteiger partial charge in [0.1, 0.15) is 0 Å². The number of nitrogens with one attached hydrogen (secondary N) is 2. The molecule has 1 aromatic heterocycles. The molecular formula is C7H3N5O7. The zero-order valence-corrected chi connectivity index (χ0v) is 8.78. The number of aromatic nitrogens is 2. The summed E-state index contributed by atoms with van der Waals surface area (Å²) < 4.78 is 0. The molecule has 0 aliphatic rings. The molecule has 12 nitrogen and oxygen atoms in total. The molecule has 0 amide bonds. The van der Waals surface area contributed by atoms with Gasteiger partial charge < -0.3 is 4.98 Å². The Morgan fingerprint density at radius 2 is 1.47 bits per heavy atom. The van der Waals surface area contributed by atoms with Crippen molar-refractivity contribution in [2.24, 2.45) is 0 Å². The Labute approximate surface area is 101 Å². The minimum absolute atomic E-state index is 0.256. The summed E-state index contributed by atoms with van der Waals surface area (Å²) in [4.78, 5) is 44.0. The first-order valence-electron chi connectivity index (χ1n) is 4.55. The monoisotopic (exact) mass is 269 g/mol. The number of nitro benzene ring substituents is 3. The van der Waals surface area contributed by atoms with Crippen LogP contribution in [0.15, 0.2) is 10.9 Å². The standard InChI is InChI=1S/C7H3N5O7/c13-7-8-2-1-3(10(14)15)5(11(16)17)6(12(18)19)4(2)9-7/h1H,(H2,8,9,13). The summed E-state index contributed by atoms with van der Waals surface area (Å²) in [5.74, 6) is 0. The van der Waals surface area contributed by atoms with E-state index >= 15 is 0 Å². The smallest absolute Gasteiger partial charge is 0.305 e. The third-order valence-corrected chi connectivity index (χ3v) is 2.30. The molecule has 0 bridgehead atoms. The number of hydrogen-bond donors (Lipinski definition) is 2. The van der Waals surface area contributed by atoms with Gasteiger partial charge in [0, 0.05) is 6.07 Å². The van der Waals surface area contributed by atoms with Crippen molar-refractivity contribution >= 4 is 28.1 Å². The van der Waals surface area contributed by atoms with Crippen LogP contribution in [0.2, 0.25) is 0 Å². The summed E-state index contributed by atoms with van der Waals surface area (Å²) in [7, 11) is 0. The molecule has 2 rings (SSSR count). The predicted molar refractivity (Wildman–Crippen MR) is 58.9 cm³/mol. The Morgan fingerprint density at radius 3 is 1.95 bits per heavy atom. The summed E-state index contributed by atoms with van der Waals surface area (Å²) >= 11 is 0. The van der Waals surface area contributed by atoms with Gasteiger partial charge in [-0.2, -0.15) is 0 Å². The Bertz CT molecular complexity index is 787. The molecule has 19 heavy (non-hydrogen) atoms. The van der Waals surface area contributed by atoms with Crippen molar-refractivity contribution in [1.82, 2.24) is 9.97 Å². The van der Waals surface area contributed by atoms with Crippen LogP contribution in [0.1, 0.15) is 0 Å². The summed E-state index contributed by atoms with van der Waals surface area (Å²) in [6.45, 7) is 0. The first kappa shape index (κ1) is 12.2. The minimum Gasteiger partial charge on any atom is -0.305 e. The molecule has 0 atom stereocenters. The van der Waals surface area contributed by atoms with Gasteiger partial charge in [-0.1, -0.05) is 0 Å². The van der Waals surface area contributed by atoms with Crippen LogP contribution in [-0.2, 0) is 0 Å². The maximum absolute atomic E-state index is 11.1. The van der Waals surface area contributed by atoms with Crippen LogP contribution >= 0.6 is 0 Å². The van der Waals surface area contributed by atoms with E-state index in [0.717, 1.165) is 0 Å². The topological polar surface area (TPSA) is 178 Å². The van der Waals surface area contributed by atoms with Crippen molar-refractivity contribution in [3.05, 3.63) is 46.9 Å². The maximum Gasteiger partial charge on any atom is 0.424 e. The maximum atomic E-state index is 11.1. The molecule has 0 saturated heterocycles. The van der Waals surface area contributed by atoms with Crippen molar-refractivity contribution in [3.8, 4) is 0 Å². The zero-order chi connectivity index (χ0) is 14.3. The van der Waals surface area contributed by atoms with Crippen LogP contribution in [0.5, 0.6) is 0 Å². The van der Waals surface area contributed by atoms with Crippen LogP contribution in [0, 0.1) is 30.3 Å². The molecule has 98 valence electrons. The van der Waals surface area contributed by atoms with E-state index in [0.29, 0.717) is 6.07 Å². The Morgan fingerprint density at radius 1 is 0.895 bits per heavy atom. The van der Waals surface area contributed by atoms with Gasteiger partial charge >= 0.3 is 22.8 Å². The van der Waals surface area contributed by atoms with Gasteiger partial charge in [-0.25, -0.2) is 4.79 Å². The van der Waals surface area contributed by atoms with Gasteiger partial charge in [0.05, 0.1) is 20.3 Å². The highest BCUT2D eigenvalue weighted by molar-refractivity contribution is 5.93. The Kier molecular flexibility index (Phi) is 2.47. The van der Waals surface area contributed by atoms with Gasteiger partial charge in [-0.15, -0.1) is 0 Å². The SMILES string of the molecule is O=c1[nH]c2cc([N+](=O)[O-])c([N+](=O)[O-])c([N+](=O)[O-])c2[nH]1. The lowest BCUT2D eigenvalue weighted by molar-refractivity contribution is -0.440. The second-order valence-electron chi connectivity index (χ2n) is 3.37. The number of aromatic amines is 2. The fourth-order valence-electron chi connectivity index (χ4n) is 1.63. The second-order valence-corrected chi connectivity index (χ2v) is 3.37. The van der Waals surface area contributed by atoms with Gasteiger partial charge in [0.15, 0.2) is 5.52 Å². The number of nitro groups is 3. The lowest BCUT2D eigenvalue weighted by atomic mass is 10.2. The molecule has 0 radical (unpaired) electrons. The van der Waals surface area contributed by atoms with Gasteiger partial charge in [0.25, 0.3) is 0 Å². The summed E-state index contributed by atoms with van der Waals surface area (Å²) in [6, 6.07) is 0.693. The molecule has 0 fully saturated rings. The number of rotatable bonds is 3. The van der Waals surface area contributed by atoms with E-state index in [9.17, 15) is 35.1 Å². The normalized spacial score (nSPS) is 10.5. The van der Waals surface area contributed by atoms with Crippen LogP contribution in [0.3, 0.4) is 0 Å². The van der Waals surface area contributed by atoms with E-state index in [1.54, 1.807) is 0 Å². The second kappa shape index (κ2) is 3.86. The van der Waals surface area contributed by atoms with E-state index in [2.05, 4.69) is 4.98 Å². The van der Waals surface area contributed by atoms with Crippen LogP contribution < -0.4 is 5.69 Å². The van der Waals surface area contributed by atoms with Crippen molar-refractivity contribution < 1.29 is 14.8 Å². The first-order valence-corrected chi connectivity index (χ1v) is 4.55. The Balaban J connectivity index is 3.08. The van der Waals surface area contributed by atoms with Crippen LogP contribution in [-0.4, -0.2) is 24.7 Å². The largest absolute Gasteiger partial charge is 0.424 e. The van der Waals surface area contributed by atoms with E-state index in [-0.39, 0.29) is 5.52 Å². The van der Waals surface area contributed by atoms with Gasteiger partial charge in [0.2, 0.25) is 0 Å². The highest BCUT2D eigenvalue weighted by atomic mass is 16.6. The fraction of sp³-hybridized carbons (Fsp3) is 0. The third-order valence-electron chi connectivity index (χ3n) is 2.30. The van der Waals surface area contributed by atoms with Crippen molar-refractivity contribution in [3.63, 3.8) is 0 Å². The molecule has 0 aliphatic heterocycles. The number of hydrogen-bond acceptors (Lipinski definition) is 7. The number of H-pyrrole nitrogens is 2. The number of fused-ring (bicyclic) bond motifs is 1. The van der Waals surface area contributed by atoms with Crippen molar-refractivity contribution in [2.45, 2.75) is 0 Å². The molecule has 1 aromatic carbocycles. The predicted octanol–water partition coefficient (Wildman–Crippen LogP) is 0.581. The van der Waals surface area contributed by atoms with Crippen LogP contribution in [0.25, 0.3) is 11.0 Å². The molecule has 1 heterocycles. The molecule has 0 saturated carbocycles. The van der Waals surface area contributed by atoms with E-state index < -0.39 is 43.0 Å². The molecule has 0 aliphatic carbocycles. The minimum atomic E-state index is -1.28. The molecule has 2 aromatic rings. The highest BCUT2D eigenvalue weighted by Gasteiger charge is 2.39. The van der Waals surface area contributed by atoms with Gasteiger partial charge in [-0.3, -0.25) is 35.3 Å². The zero-order valence-electron chi connectivity index (χ0n) is 8.78. The summed E-state index contributed by atoms with van der Waals surface area (Å²) in [5.41, 5.74) is -5.07. The first-order chi connectivity index (χ1) is 8.82. The van der Waals surface area contributed by atoms with Crippen molar-refractivity contribution in [1.29, 1.82) is 0 Å². The average molecular weight is 269 g/mol. The summed E-state index contributed by atoms with van der Waals surface area (Å²) in [5, 5.41) is 32.4. The molecule has 0 unspecified atom stereocenters. The van der Waals surface area contributed by atoms with Crippen molar-refractivity contribution in [2.75, 3.05) is 0 Å². The van der Waals surface area contributed by atoms with E-state index in [4.69, 9.17) is 0 Å². The fourth-order valence-corrected chi connectivity index (χ4v) is 1.63. The molecule has 2 N–H and O–H groups in total. The lowest BCUT2D eigenvalue weighted by Gasteiger charge is -1.97. The summed E-state index contributed by atoms with van der Waals surface area (Å²) in [6.07, 6.45) is 0. The van der Waals surface area contributed by atoms with E-state index in [1.165, 1.54) is 0 Å². The molecule has 12 heteroatoms. The molecular weight excluding hydrogens is 266 g/mol. The highest BCUT2D eigenvalue weighted by Crippen LogP contribution is 2.40. The lowest BCUT2D eigenvalue weighted by Crippen LogP contribution is -2.02. The third kappa shape index (κ3) is 1.76. The number of nitrogens with zero attached hydrogens (tertiary/aromatic N) is 3. The Hall–Kier alpha value is -3.31. The van der Waals surface area contributed by atoms with Crippen LogP contribution in [0.4, 0.5) is 17.1 Å². The number of imidazole rings is 1. The van der Waals surface area contributed by atoms with Gasteiger partial charge in [-0.05, 0) is 0 Å². The average Bonchev–Trinajstić information content (AvgIpc) is 2.65. The van der Waals surface area contributed by atoms with E-state index in [1.807, 2.05) is 4.98 Å². The quantitative estimate of drug-likeness (QED) is 0.603. The molecule has 0 spiro atoms. The number of benzene rings is 1.